The summed E-state index contributed by atoms with van der Waals surface area (Å²) < 4.78 is 4.00. The number of hydrogen-bond acceptors (Lipinski definition) is 5. The number of pyridine rings is 1. The van der Waals surface area contributed by atoms with E-state index < -0.39 is 0 Å². The molecular formula is C25H22N6O3. The summed E-state index contributed by atoms with van der Waals surface area (Å²) >= 11 is 0. The average molecular weight is 454 g/mol. The molecule has 0 bridgehead atoms. The lowest BCUT2D eigenvalue weighted by Crippen LogP contribution is -2.51. The number of aromatic nitrogens is 4. The van der Waals surface area contributed by atoms with Crippen molar-refractivity contribution >= 4 is 28.8 Å². The Kier molecular flexibility index (Phi) is 4.58. The van der Waals surface area contributed by atoms with Gasteiger partial charge in [-0.2, -0.15) is 5.01 Å². The lowest BCUT2D eigenvalue weighted by atomic mass is 10.0. The molecule has 170 valence electrons. The molecule has 5 heterocycles. The Balaban J connectivity index is 1.38. The van der Waals surface area contributed by atoms with Crippen molar-refractivity contribution in [1.29, 1.82) is 0 Å². The highest BCUT2D eigenvalue weighted by atomic mass is 16.2. The molecule has 1 saturated heterocycles. The van der Waals surface area contributed by atoms with Crippen LogP contribution in [0.5, 0.6) is 0 Å². The zero-order chi connectivity index (χ0) is 23.4. The fourth-order valence-electron chi connectivity index (χ4n) is 4.79. The van der Waals surface area contributed by atoms with Crippen LogP contribution >= 0.6 is 0 Å². The molecule has 3 aromatic heterocycles. The third kappa shape index (κ3) is 3.20. The fourth-order valence-corrected chi connectivity index (χ4v) is 4.79. The van der Waals surface area contributed by atoms with Gasteiger partial charge in [-0.25, -0.2) is 15.0 Å². The molecule has 0 spiro atoms. The van der Waals surface area contributed by atoms with Gasteiger partial charge in [0.1, 0.15) is 5.65 Å². The molecule has 9 nitrogen and oxygen atoms in total. The van der Waals surface area contributed by atoms with Gasteiger partial charge >= 0.3 is 0 Å². The molecule has 3 amide bonds. The van der Waals surface area contributed by atoms with Crippen molar-refractivity contribution in [2.75, 3.05) is 0 Å². The molecule has 9 heteroatoms. The number of hydrogen-bond donors (Lipinski definition) is 0. The maximum atomic E-state index is 13.0. The molecule has 1 fully saturated rings. The summed E-state index contributed by atoms with van der Waals surface area (Å²) in [5.74, 6) is -0.966. The van der Waals surface area contributed by atoms with Gasteiger partial charge in [0.2, 0.25) is 11.8 Å². The Hall–Kier alpha value is -4.27. The zero-order valence-corrected chi connectivity index (χ0v) is 18.6. The largest absolute Gasteiger partial charge is 0.336 e. The highest BCUT2D eigenvalue weighted by molar-refractivity contribution is 6.04. The van der Waals surface area contributed by atoms with Crippen LogP contribution in [0.1, 0.15) is 40.7 Å². The van der Waals surface area contributed by atoms with Crippen LogP contribution in [-0.2, 0) is 29.7 Å². The van der Waals surface area contributed by atoms with Gasteiger partial charge in [0, 0.05) is 61.5 Å². The van der Waals surface area contributed by atoms with Crippen LogP contribution in [0.2, 0.25) is 0 Å². The predicted molar refractivity (Wildman–Crippen MR) is 123 cm³/mol. The monoisotopic (exact) mass is 454 g/mol. The standard InChI is InChI=1S/C25H22N6O3/c1-28-9-7-19-18(13-29-10-8-26-15-29)12-21(27-24(19)28)16-5-6-20-17(11-16)14-30(25(20)34)31-22(32)3-2-4-23(31)33/h5-12,15H,2-4,13-14H2,1H3. The van der Waals surface area contributed by atoms with Gasteiger partial charge in [0.05, 0.1) is 18.6 Å². The predicted octanol–water partition coefficient (Wildman–Crippen LogP) is 2.90. The van der Waals surface area contributed by atoms with Crippen molar-refractivity contribution in [2.45, 2.75) is 32.4 Å². The first-order valence-electron chi connectivity index (χ1n) is 11.2. The Morgan fingerprint density at radius 3 is 2.59 bits per heavy atom. The lowest BCUT2D eigenvalue weighted by Gasteiger charge is -2.32. The topological polar surface area (TPSA) is 93.3 Å². The summed E-state index contributed by atoms with van der Waals surface area (Å²) in [4.78, 5) is 46.8. The van der Waals surface area contributed by atoms with Crippen LogP contribution in [0, 0.1) is 0 Å². The molecule has 2 aliphatic rings. The first kappa shape index (κ1) is 20.3. The Morgan fingerprint density at radius 2 is 1.82 bits per heavy atom. The molecule has 0 unspecified atom stereocenters. The highest BCUT2D eigenvalue weighted by Gasteiger charge is 2.39. The quantitative estimate of drug-likeness (QED) is 0.442. The number of carbonyl (C=O) groups excluding carboxylic acids is 3. The third-order valence-corrected chi connectivity index (χ3v) is 6.52. The number of imidazole rings is 1. The van der Waals surface area contributed by atoms with E-state index in [1.165, 1.54) is 5.01 Å². The Morgan fingerprint density at radius 1 is 1.00 bits per heavy atom. The molecule has 0 atom stereocenters. The molecule has 0 aliphatic carbocycles. The second-order valence-electron chi connectivity index (χ2n) is 8.75. The van der Waals surface area contributed by atoms with Gasteiger partial charge in [-0.15, -0.1) is 0 Å². The smallest absolute Gasteiger partial charge is 0.273 e. The van der Waals surface area contributed by atoms with E-state index in [0.717, 1.165) is 38.4 Å². The van der Waals surface area contributed by atoms with Crippen LogP contribution in [0.3, 0.4) is 0 Å². The summed E-state index contributed by atoms with van der Waals surface area (Å²) in [6, 6.07) is 9.70. The molecule has 2 aliphatic heterocycles. The molecule has 0 saturated carbocycles. The number of rotatable bonds is 4. The SMILES string of the molecule is Cn1ccc2c(Cn3ccnc3)cc(-c3ccc4c(c3)CN(N3C(=O)CCCC3=O)C4=O)nc21. The molecule has 6 rings (SSSR count). The number of aryl methyl sites for hydroxylation is 1. The molecule has 4 aromatic rings. The third-order valence-electron chi connectivity index (χ3n) is 6.52. The van der Waals surface area contributed by atoms with Gasteiger partial charge in [-0.3, -0.25) is 14.4 Å². The minimum Gasteiger partial charge on any atom is -0.336 e. The second kappa shape index (κ2) is 7.65. The number of fused-ring (bicyclic) bond motifs is 2. The second-order valence-corrected chi connectivity index (χ2v) is 8.75. The number of nitrogens with zero attached hydrogens (tertiary/aromatic N) is 6. The van der Waals surface area contributed by atoms with Crippen molar-refractivity contribution in [3.63, 3.8) is 0 Å². The number of imide groups is 1. The highest BCUT2D eigenvalue weighted by Crippen LogP contribution is 2.32. The number of benzene rings is 1. The lowest BCUT2D eigenvalue weighted by molar-refractivity contribution is -0.163. The maximum absolute atomic E-state index is 13.0. The van der Waals surface area contributed by atoms with E-state index in [2.05, 4.69) is 17.1 Å². The van der Waals surface area contributed by atoms with E-state index in [9.17, 15) is 14.4 Å². The average Bonchev–Trinajstić information content (AvgIpc) is 3.54. The van der Waals surface area contributed by atoms with E-state index in [1.54, 1.807) is 18.6 Å². The summed E-state index contributed by atoms with van der Waals surface area (Å²) in [6.07, 6.45) is 8.54. The maximum Gasteiger partial charge on any atom is 0.273 e. The van der Waals surface area contributed by atoms with Crippen molar-refractivity contribution in [3.8, 4) is 11.3 Å². The van der Waals surface area contributed by atoms with Crippen molar-refractivity contribution in [3.05, 3.63) is 71.9 Å². The minimum absolute atomic E-state index is 0.188. The first-order chi connectivity index (χ1) is 16.5. The van der Waals surface area contributed by atoms with Crippen LogP contribution in [0.25, 0.3) is 22.3 Å². The minimum atomic E-state index is -0.322. The van der Waals surface area contributed by atoms with Crippen molar-refractivity contribution in [1.82, 2.24) is 29.1 Å². The fraction of sp³-hybridized carbons (Fsp3) is 0.240. The van der Waals surface area contributed by atoms with Crippen LogP contribution in [-0.4, -0.2) is 46.8 Å². The van der Waals surface area contributed by atoms with Gasteiger partial charge in [-0.05, 0) is 41.8 Å². The molecule has 1 aromatic carbocycles. The molecule has 0 N–H and O–H groups in total. The van der Waals surface area contributed by atoms with Gasteiger partial charge in [0.25, 0.3) is 5.91 Å². The van der Waals surface area contributed by atoms with Crippen LogP contribution in [0.15, 0.2) is 55.2 Å². The Bertz CT molecular complexity index is 1450. The van der Waals surface area contributed by atoms with Gasteiger partial charge in [-0.1, -0.05) is 6.07 Å². The van der Waals surface area contributed by atoms with Gasteiger partial charge in [0.15, 0.2) is 0 Å². The van der Waals surface area contributed by atoms with Crippen LogP contribution in [0.4, 0.5) is 0 Å². The number of amides is 3. The molecule has 34 heavy (non-hydrogen) atoms. The zero-order valence-electron chi connectivity index (χ0n) is 18.6. The Labute approximate surface area is 195 Å². The van der Waals surface area contributed by atoms with E-state index in [-0.39, 0.29) is 37.1 Å². The van der Waals surface area contributed by atoms with Crippen LogP contribution < -0.4 is 0 Å². The summed E-state index contributed by atoms with van der Waals surface area (Å²) in [7, 11) is 1.96. The van der Waals surface area contributed by atoms with E-state index in [1.807, 2.05) is 40.7 Å². The van der Waals surface area contributed by atoms with Gasteiger partial charge < -0.3 is 9.13 Å². The van der Waals surface area contributed by atoms with E-state index >= 15 is 0 Å². The number of piperidine rings is 1. The van der Waals surface area contributed by atoms with Crippen molar-refractivity contribution in [2.24, 2.45) is 7.05 Å². The summed E-state index contributed by atoms with van der Waals surface area (Å²) in [5, 5.41) is 3.38. The van der Waals surface area contributed by atoms with Crippen molar-refractivity contribution < 1.29 is 14.4 Å². The van der Waals surface area contributed by atoms with E-state index in [4.69, 9.17) is 4.98 Å². The summed E-state index contributed by atoms with van der Waals surface area (Å²) in [5.41, 5.74) is 4.94. The molecule has 0 radical (unpaired) electrons. The normalized spacial score (nSPS) is 16.1. The number of hydrazine groups is 1. The summed E-state index contributed by atoms with van der Waals surface area (Å²) in [6.45, 7) is 0.847. The van der Waals surface area contributed by atoms with E-state index in [0.29, 0.717) is 18.5 Å². The molecular weight excluding hydrogens is 432 g/mol. The number of carbonyl (C=O) groups is 3. The first-order valence-corrected chi connectivity index (χ1v) is 11.2.